The lowest BCUT2D eigenvalue weighted by molar-refractivity contribution is -0.115. The van der Waals surface area contributed by atoms with E-state index in [2.05, 4.69) is 4.99 Å². The second kappa shape index (κ2) is 6.74. The van der Waals surface area contributed by atoms with Crippen LogP contribution < -0.4 is 4.80 Å². The first kappa shape index (κ1) is 17.8. The van der Waals surface area contributed by atoms with Crippen LogP contribution in [0.3, 0.4) is 0 Å². The molecule has 0 aliphatic heterocycles. The van der Waals surface area contributed by atoms with E-state index in [-0.39, 0.29) is 4.90 Å². The van der Waals surface area contributed by atoms with Gasteiger partial charge >= 0.3 is 0 Å². The highest BCUT2D eigenvalue weighted by Crippen LogP contribution is 2.18. The van der Waals surface area contributed by atoms with Crippen LogP contribution in [-0.2, 0) is 21.7 Å². The zero-order valence-corrected chi connectivity index (χ0v) is 16.0. The molecule has 0 bridgehead atoms. The summed E-state index contributed by atoms with van der Waals surface area (Å²) in [6.45, 7) is 1.99. The lowest BCUT2D eigenvalue weighted by Gasteiger charge is -2.01. The summed E-state index contributed by atoms with van der Waals surface area (Å²) in [6, 6.07) is 11.7. The lowest BCUT2D eigenvalue weighted by Crippen LogP contribution is -2.19. The van der Waals surface area contributed by atoms with Gasteiger partial charge in [-0.05, 0) is 48.9 Å². The summed E-state index contributed by atoms with van der Waals surface area (Å²) in [4.78, 5) is 16.7. The minimum atomic E-state index is -3.75. The number of thiazole rings is 1. The van der Waals surface area contributed by atoms with Crippen LogP contribution >= 0.6 is 22.9 Å². The molecule has 0 spiro atoms. The maximum Gasteiger partial charge on any atom is 0.263 e. The van der Waals surface area contributed by atoms with Crippen LogP contribution in [0, 0.1) is 6.92 Å². The molecular formula is C17H15ClN2O3S2. The third-order valence-electron chi connectivity index (χ3n) is 3.67. The molecule has 2 aromatic carbocycles. The maximum atomic E-state index is 12.3. The summed E-state index contributed by atoms with van der Waals surface area (Å²) in [5.74, 6) is -1.38. The molecular weight excluding hydrogens is 380 g/mol. The molecule has 0 saturated carbocycles. The third-order valence-corrected chi connectivity index (χ3v) is 6.64. The van der Waals surface area contributed by atoms with Gasteiger partial charge in [-0.3, -0.25) is 4.79 Å². The summed E-state index contributed by atoms with van der Waals surface area (Å²) >= 11 is 7.11. The first-order valence-electron chi connectivity index (χ1n) is 7.38. The van der Waals surface area contributed by atoms with Crippen molar-refractivity contribution in [2.24, 2.45) is 12.0 Å². The molecule has 0 fully saturated rings. The van der Waals surface area contributed by atoms with Crippen molar-refractivity contribution in [3.63, 3.8) is 0 Å². The second-order valence-electron chi connectivity index (χ2n) is 5.63. The van der Waals surface area contributed by atoms with Gasteiger partial charge in [-0.15, -0.1) is 0 Å². The molecule has 0 radical (unpaired) electrons. The van der Waals surface area contributed by atoms with Crippen LogP contribution in [0.5, 0.6) is 0 Å². The lowest BCUT2D eigenvalue weighted by atomic mass is 10.2. The molecule has 3 rings (SSSR count). The number of nitrogens with zero attached hydrogens (tertiary/aromatic N) is 2. The Kier molecular flexibility index (Phi) is 4.81. The SMILES string of the molecule is Cc1ccc2c(c1)sc(=NC(=O)CS(=O)(=O)c1ccc(Cl)cc1)n2C. The summed E-state index contributed by atoms with van der Waals surface area (Å²) < 4.78 is 27.4. The summed E-state index contributed by atoms with van der Waals surface area (Å²) in [7, 11) is -1.95. The molecule has 1 heterocycles. The van der Waals surface area contributed by atoms with Gasteiger partial charge < -0.3 is 4.57 Å². The van der Waals surface area contributed by atoms with E-state index in [1.165, 1.54) is 35.6 Å². The van der Waals surface area contributed by atoms with Gasteiger partial charge in [-0.1, -0.05) is 29.0 Å². The number of aromatic nitrogens is 1. The topological polar surface area (TPSA) is 68.5 Å². The molecule has 0 N–H and O–H groups in total. The normalized spacial score (nSPS) is 12.7. The van der Waals surface area contributed by atoms with Crippen molar-refractivity contribution in [1.82, 2.24) is 4.57 Å². The summed E-state index contributed by atoms with van der Waals surface area (Å²) in [6.07, 6.45) is 0. The predicted octanol–water partition coefficient (Wildman–Crippen LogP) is 3.10. The quantitative estimate of drug-likeness (QED) is 0.685. The Balaban J connectivity index is 1.93. The smallest absolute Gasteiger partial charge is 0.263 e. The average molecular weight is 395 g/mol. The number of hydrogen-bond donors (Lipinski definition) is 0. The van der Waals surface area contributed by atoms with Crippen LogP contribution in [0.15, 0.2) is 52.4 Å². The van der Waals surface area contributed by atoms with E-state index < -0.39 is 21.5 Å². The fourth-order valence-corrected chi connectivity index (χ4v) is 4.74. The number of amides is 1. The van der Waals surface area contributed by atoms with E-state index >= 15 is 0 Å². The largest absolute Gasteiger partial charge is 0.319 e. The highest BCUT2D eigenvalue weighted by molar-refractivity contribution is 7.92. The predicted molar refractivity (Wildman–Crippen MR) is 99.6 cm³/mol. The molecule has 5 nitrogen and oxygen atoms in total. The van der Waals surface area contributed by atoms with Gasteiger partial charge in [0.15, 0.2) is 14.6 Å². The molecule has 1 aromatic heterocycles. The molecule has 25 heavy (non-hydrogen) atoms. The molecule has 130 valence electrons. The zero-order chi connectivity index (χ0) is 18.2. The van der Waals surface area contributed by atoms with E-state index in [1.54, 1.807) is 11.6 Å². The number of fused-ring (bicyclic) bond motifs is 1. The maximum absolute atomic E-state index is 12.3. The van der Waals surface area contributed by atoms with Crippen molar-refractivity contribution in [3.8, 4) is 0 Å². The summed E-state index contributed by atoms with van der Waals surface area (Å²) in [5, 5.41) is 0.433. The number of carbonyl (C=O) groups is 1. The molecule has 3 aromatic rings. The fourth-order valence-electron chi connectivity index (χ4n) is 2.37. The van der Waals surface area contributed by atoms with Gasteiger partial charge in [0.2, 0.25) is 0 Å². The molecule has 0 unspecified atom stereocenters. The molecule has 8 heteroatoms. The van der Waals surface area contributed by atoms with Crippen molar-refractivity contribution in [1.29, 1.82) is 0 Å². The van der Waals surface area contributed by atoms with E-state index in [1.807, 2.05) is 25.1 Å². The van der Waals surface area contributed by atoms with Crippen molar-refractivity contribution < 1.29 is 13.2 Å². The van der Waals surface area contributed by atoms with Gasteiger partial charge in [0.25, 0.3) is 5.91 Å². The van der Waals surface area contributed by atoms with Crippen molar-refractivity contribution in [2.45, 2.75) is 11.8 Å². The van der Waals surface area contributed by atoms with Gasteiger partial charge in [0.1, 0.15) is 5.75 Å². The van der Waals surface area contributed by atoms with E-state index in [0.717, 1.165) is 15.8 Å². The standard InChI is InChI=1S/C17H15ClN2O3S2/c1-11-3-8-14-15(9-11)24-17(20(14)2)19-16(21)10-25(22,23)13-6-4-12(18)5-7-13/h3-9H,10H2,1-2H3. The van der Waals surface area contributed by atoms with Crippen LogP contribution in [0.4, 0.5) is 0 Å². The number of halogens is 1. The van der Waals surface area contributed by atoms with Gasteiger partial charge in [0.05, 0.1) is 15.1 Å². The number of sulfone groups is 1. The second-order valence-corrected chi connectivity index (χ2v) is 9.07. The highest BCUT2D eigenvalue weighted by atomic mass is 35.5. The van der Waals surface area contributed by atoms with Gasteiger partial charge in [-0.2, -0.15) is 4.99 Å². The van der Waals surface area contributed by atoms with E-state index in [9.17, 15) is 13.2 Å². The summed E-state index contributed by atoms with van der Waals surface area (Å²) in [5.41, 5.74) is 2.06. The first-order valence-corrected chi connectivity index (χ1v) is 10.2. The molecule has 0 aliphatic carbocycles. The number of carbonyl (C=O) groups excluding carboxylic acids is 1. The number of benzene rings is 2. The monoisotopic (exact) mass is 394 g/mol. The first-order chi connectivity index (χ1) is 11.8. The van der Waals surface area contributed by atoms with Crippen LogP contribution in [0.1, 0.15) is 5.56 Å². The molecule has 0 atom stereocenters. The average Bonchev–Trinajstić information content (AvgIpc) is 2.82. The van der Waals surface area contributed by atoms with Crippen LogP contribution in [-0.4, -0.2) is 24.6 Å². The Morgan fingerprint density at radius 3 is 2.56 bits per heavy atom. The van der Waals surface area contributed by atoms with E-state index in [4.69, 9.17) is 11.6 Å². The number of rotatable bonds is 3. The molecule has 0 saturated heterocycles. The third kappa shape index (κ3) is 3.84. The van der Waals surface area contributed by atoms with Gasteiger partial charge in [-0.25, -0.2) is 8.42 Å². The Morgan fingerprint density at radius 1 is 1.20 bits per heavy atom. The van der Waals surface area contributed by atoms with Crippen LogP contribution in [0.2, 0.25) is 5.02 Å². The van der Waals surface area contributed by atoms with Gasteiger partial charge in [0, 0.05) is 12.1 Å². The van der Waals surface area contributed by atoms with E-state index in [0.29, 0.717) is 9.82 Å². The molecule has 1 amide bonds. The Bertz CT molecular complexity index is 1130. The minimum Gasteiger partial charge on any atom is -0.319 e. The zero-order valence-electron chi connectivity index (χ0n) is 13.6. The van der Waals surface area contributed by atoms with Crippen molar-refractivity contribution in [2.75, 3.05) is 5.75 Å². The number of aryl methyl sites for hydroxylation is 2. The Labute approximate surface area is 154 Å². The fraction of sp³-hybridized carbons (Fsp3) is 0.176. The van der Waals surface area contributed by atoms with Crippen molar-refractivity contribution >= 4 is 48.9 Å². The van der Waals surface area contributed by atoms with Crippen LogP contribution in [0.25, 0.3) is 10.2 Å². The highest BCUT2D eigenvalue weighted by Gasteiger charge is 2.19. The van der Waals surface area contributed by atoms with Crippen molar-refractivity contribution in [3.05, 3.63) is 57.9 Å². The Morgan fingerprint density at radius 2 is 1.88 bits per heavy atom. The number of hydrogen-bond acceptors (Lipinski definition) is 4. The molecule has 0 aliphatic rings. The minimum absolute atomic E-state index is 0.0526. The Hall–Kier alpha value is -1.96.